The van der Waals surface area contributed by atoms with Gasteiger partial charge in [0, 0.05) is 0 Å². The van der Waals surface area contributed by atoms with Crippen LogP contribution in [0.1, 0.15) is 31.4 Å². The Bertz CT molecular complexity index is 467. The molecule has 0 saturated heterocycles. The Labute approximate surface area is 101 Å². The van der Waals surface area contributed by atoms with Crippen molar-refractivity contribution in [3.05, 3.63) is 35.4 Å². The van der Waals surface area contributed by atoms with Crippen molar-refractivity contribution in [3.63, 3.8) is 0 Å². The Morgan fingerprint density at radius 3 is 2.88 bits per heavy atom. The van der Waals surface area contributed by atoms with E-state index in [1.807, 2.05) is 13.0 Å². The average Bonchev–Trinajstić information content (AvgIpc) is 2.27. The predicted octanol–water partition coefficient (Wildman–Crippen LogP) is 3.06. The maximum Gasteiger partial charge on any atom is 0.332 e. The van der Waals surface area contributed by atoms with Crippen LogP contribution in [0.5, 0.6) is 0 Å². The predicted molar refractivity (Wildman–Crippen MR) is 65.5 cm³/mol. The smallest absolute Gasteiger partial charge is 0.324 e. The van der Waals surface area contributed by atoms with E-state index in [9.17, 15) is 9.46 Å². The van der Waals surface area contributed by atoms with Crippen LogP contribution in [-0.4, -0.2) is 11.0 Å². The van der Waals surface area contributed by atoms with Crippen LogP contribution in [0.4, 0.5) is 0 Å². The first-order valence-corrected chi connectivity index (χ1v) is 7.22. The molecule has 0 fully saturated rings. The third kappa shape index (κ3) is 4.70. The van der Waals surface area contributed by atoms with Gasteiger partial charge in [-0.2, -0.15) is 5.26 Å². The Hall–Kier alpha value is -1.14. The number of hydrogen-bond donors (Lipinski definition) is 1. The Balaban J connectivity index is 2.76. The Morgan fingerprint density at radius 1 is 1.59 bits per heavy atom. The molecule has 1 aromatic carbocycles. The lowest BCUT2D eigenvalue weighted by molar-refractivity contribution is 0.185. The quantitative estimate of drug-likeness (QED) is 0.818. The molecule has 0 spiro atoms. The summed E-state index contributed by atoms with van der Waals surface area (Å²) in [6.45, 7) is 3.65. The summed E-state index contributed by atoms with van der Waals surface area (Å²) in [5.41, 5.74) is 1.12. The zero-order chi connectivity index (χ0) is 12.9. The van der Waals surface area contributed by atoms with Crippen LogP contribution in [0, 0.1) is 11.3 Å². The Kier molecular flexibility index (Phi) is 4.89. The molecule has 17 heavy (non-hydrogen) atoms. The van der Waals surface area contributed by atoms with Crippen LogP contribution in [-0.2, 0) is 15.3 Å². The van der Waals surface area contributed by atoms with Crippen molar-refractivity contribution >= 4 is 7.60 Å². The van der Waals surface area contributed by atoms with Crippen molar-refractivity contribution < 1.29 is 14.0 Å². The molecule has 0 amide bonds. The zero-order valence-corrected chi connectivity index (χ0v) is 10.9. The highest BCUT2D eigenvalue weighted by Crippen LogP contribution is 2.47. The van der Waals surface area contributed by atoms with Crippen molar-refractivity contribution in [1.82, 2.24) is 0 Å². The summed E-state index contributed by atoms with van der Waals surface area (Å²) < 4.78 is 16.9. The summed E-state index contributed by atoms with van der Waals surface area (Å²) in [5, 5.41) is 8.73. The summed E-state index contributed by atoms with van der Waals surface area (Å²) >= 11 is 0. The third-order valence-corrected chi connectivity index (χ3v) is 3.81. The second kappa shape index (κ2) is 5.97. The van der Waals surface area contributed by atoms with Crippen molar-refractivity contribution in [2.75, 3.05) is 0 Å². The number of rotatable bonds is 5. The van der Waals surface area contributed by atoms with Gasteiger partial charge in [0.2, 0.25) is 0 Å². The number of benzene rings is 1. The van der Waals surface area contributed by atoms with E-state index in [1.165, 1.54) is 0 Å². The van der Waals surface area contributed by atoms with Crippen LogP contribution < -0.4 is 0 Å². The fraction of sp³-hybridized carbons (Fsp3) is 0.417. The molecule has 0 aliphatic heterocycles. The topological polar surface area (TPSA) is 70.3 Å². The van der Waals surface area contributed by atoms with Crippen LogP contribution >= 0.6 is 7.60 Å². The molecule has 92 valence electrons. The molecule has 5 heteroatoms. The van der Waals surface area contributed by atoms with Crippen LogP contribution in [0.15, 0.2) is 24.3 Å². The Morgan fingerprint density at radius 2 is 2.29 bits per heavy atom. The average molecular weight is 253 g/mol. The second-order valence-electron chi connectivity index (χ2n) is 3.93. The number of nitrogens with zero attached hydrogens (tertiary/aromatic N) is 1. The molecule has 1 aromatic rings. The van der Waals surface area contributed by atoms with Crippen molar-refractivity contribution in [3.8, 4) is 6.07 Å². The first kappa shape index (κ1) is 13.9. The van der Waals surface area contributed by atoms with Crippen LogP contribution in [0.25, 0.3) is 0 Å². The fourth-order valence-corrected chi connectivity index (χ4v) is 2.81. The van der Waals surface area contributed by atoms with Gasteiger partial charge in [-0.15, -0.1) is 0 Å². The molecule has 0 aliphatic rings. The molecule has 1 N–H and O–H groups in total. The lowest BCUT2D eigenvalue weighted by Crippen LogP contribution is -2.05. The molecular weight excluding hydrogens is 237 g/mol. The number of nitriles is 1. The molecule has 0 aromatic heterocycles. The standard InChI is InChI=1S/C12H16NO3P/c1-3-10(2)16-17(14,15)9-12-6-4-5-11(7-12)8-13/h4-7,10H,3,9H2,1-2H3,(H,14,15). The molecule has 2 unspecified atom stereocenters. The minimum Gasteiger partial charge on any atom is -0.324 e. The highest BCUT2D eigenvalue weighted by atomic mass is 31.2. The minimum absolute atomic E-state index is 0.0626. The van der Waals surface area contributed by atoms with Crippen LogP contribution in [0.2, 0.25) is 0 Å². The molecule has 0 aliphatic carbocycles. The molecule has 4 nitrogen and oxygen atoms in total. The second-order valence-corrected chi connectivity index (χ2v) is 5.73. The van der Waals surface area contributed by atoms with E-state index in [2.05, 4.69) is 0 Å². The van der Waals surface area contributed by atoms with E-state index >= 15 is 0 Å². The van der Waals surface area contributed by atoms with E-state index in [4.69, 9.17) is 9.79 Å². The van der Waals surface area contributed by atoms with Crippen molar-refractivity contribution in [2.24, 2.45) is 0 Å². The van der Waals surface area contributed by atoms with Gasteiger partial charge in [0.05, 0.1) is 23.9 Å². The first-order chi connectivity index (χ1) is 7.96. The first-order valence-electron chi connectivity index (χ1n) is 5.46. The van der Waals surface area contributed by atoms with E-state index in [0.29, 0.717) is 17.5 Å². The summed E-state index contributed by atoms with van der Waals surface area (Å²) in [6, 6.07) is 8.65. The van der Waals surface area contributed by atoms with Gasteiger partial charge in [0.25, 0.3) is 0 Å². The van der Waals surface area contributed by atoms with Crippen molar-refractivity contribution in [2.45, 2.75) is 32.5 Å². The van der Waals surface area contributed by atoms with E-state index in [-0.39, 0.29) is 12.3 Å². The van der Waals surface area contributed by atoms with E-state index in [1.54, 1.807) is 31.2 Å². The molecule has 0 saturated carbocycles. The lowest BCUT2D eigenvalue weighted by Gasteiger charge is -2.16. The lowest BCUT2D eigenvalue weighted by atomic mass is 10.2. The third-order valence-electron chi connectivity index (χ3n) is 2.36. The maximum absolute atomic E-state index is 11.8. The van der Waals surface area contributed by atoms with Crippen LogP contribution in [0.3, 0.4) is 0 Å². The normalized spacial score (nSPS) is 15.9. The highest BCUT2D eigenvalue weighted by Gasteiger charge is 2.22. The fourth-order valence-electron chi connectivity index (χ4n) is 1.36. The summed E-state index contributed by atoms with van der Waals surface area (Å²) in [6.07, 6.45) is 0.375. The molecular formula is C12H16NO3P. The van der Waals surface area contributed by atoms with Crippen molar-refractivity contribution in [1.29, 1.82) is 5.26 Å². The van der Waals surface area contributed by atoms with Gasteiger partial charge in [-0.25, -0.2) is 0 Å². The maximum atomic E-state index is 11.8. The van der Waals surface area contributed by atoms with Gasteiger partial charge in [-0.1, -0.05) is 19.1 Å². The van der Waals surface area contributed by atoms with Gasteiger partial charge in [-0.05, 0) is 31.0 Å². The molecule has 0 bridgehead atoms. The van der Waals surface area contributed by atoms with E-state index in [0.717, 1.165) is 0 Å². The highest BCUT2D eigenvalue weighted by molar-refractivity contribution is 7.51. The SMILES string of the molecule is CCC(C)OP(=O)(O)Cc1cccc(C#N)c1. The van der Waals surface area contributed by atoms with Gasteiger partial charge in [-0.3, -0.25) is 4.57 Å². The molecule has 2 atom stereocenters. The zero-order valence-electron chi connectivity index (χ0n) is 9.96. The summed E-state index contributed by atoms with van der Waals surface area (Å²) in [7, 11) is -3.63. The summed E-state index contributed by atoms with van der Waals surface area (Å²) in [5.74, 6) is 0. The number of hydrogen-bond acceptors (Lipinski definition) is 3. The van der Waals surface area contributed by atoms with Gasteiger partial charge >= 0.3 is 7.60 Å². The van der Waals surface area contributed by atoms with E-state index < -0.39 is 7.60 Å². The van der Waals surface area contributed by atoms with Gasteiger partial charge in [0.15, 0.2) is 0 Å². The largest absolute Gasteiger partial charge is 0.332 e. The minimum atomic E-state index is -3.63. The molecule has 0 heterocycles. The summed E-state index contributed by atoms with van der Waals surface area (Å²) in [4.78, 5) is 9.68. The monoisotopic (exact) mass is 253 g/mol. The molecule has 1 rings (SSSR count). The molecule has 0 radical (unpaired) electrons. The van der Waals surface area contributed by atoms with Gasteiger partial charge in [0.1, 0.15) is 0 Å². The van der Waals surface area contributed by atoms with Gasteiger partial charge < -0.3 is 9.42 Å².